The van der Waals surface area contributed by atoms with E-state index < -0.39 is 9.84 Å². The first kappa shape index (κ1) is 15.2. The van der Waals surface area contributed by atoms with Crippen LogP contribution in [0, 0.1) is 0 Å². The van der Waals surface area contributed by atoms with Crippen molar-refractivity contribution in [3.05, 3.63) is 17.8 Å². The third-order valence-corrected chi connectivity index (χ3v) is 5.88. The van der Waals surface area contributed by atoms with E-state index in [1.165, 1.54) is 6.42 Å². The number of carbonyl (C=O) groups excluding carboxylic acids is 1. The zero-order valence-electron chi connectivity index (χ0n) is 12.4. The van der Waals surface area contributed by atoms with E-state index in [0.717, 1.165) is 25.9 Å². The van der Waals surface area contributed by atoms with Crippen molar-refractivity contribution in [3.63, 3.8) is 0 Å². The van der Waals surface area contributed by atoms with Crippen molar-refractivity contribution in [2.75, 3.05) is 29.9 Å². The summed E-state index contributed by atoms with van der Waals surface area (Å²) in [6.07, 6.45) is 3.82. The molecule has 1 aromatic rings. The predicted octanol–water partition coefficient (Wildman–Crippen LogP) is 0.702. The minimum atomic E-state index is -2.92. The molecule has 3 heterocycles. The number of hydrogen-bond donors (Lipinski definition) is 1. The van der Waals surface area contributed by atoms with Crippen LogP contribution in [-0.2, 0) is 9.84 Å². The second kappa shape index (κ2) is 6.20. The molecule has 0 aliphatic carbocycles. The molecular formula is C14H20N4O3S. The van der Waals surface area contributed by atoms with Gasteiger partial charge in [-0.25, -0.2) is 8.42 Å². The molecule has 1 amide bonds. The molecule has 1 unspecified atom stereocenters. The van der Waals surface area contributed by atoms with Gasteiger partial charge in [0.2, 0.25) is 0 Å². The van der Waals surface area contributed by atoms with Crippen molar-refractivity contribution in [2.24, 2.45) is 0 Å². The summed E-state index contributed by atoms with van der Waals surface area (Å²) in [6.45, 7) is 1.56. The zero-order valence-corrected chi connectivity index (χ0v) is 13.2. The SMILES string of the molecule is O=C(c1ccc(NC2CCS(=O)(=O)C2)nn1)N1CCCCC1. The fraction of sp³-hybridized carbons (Fsp3) is 0.643. The second-order valence-electron chi connectivity index (χ2n) is 5.90. The highest BCUT2D eigenvalue weighted by atomic mass is 32.2. The summed E-state index contributed by atoms with van der Waals surface area (Å²) < 4.78 is 22.8. The average Bonchev–Trinajstić information content (AvgIpc) is 2.87. The Morgan fingerprint density at radius 3 is 2.55 bits per heavy atom. The fourth-order valence-corrected chi connectivity index (χ4v) is 4.57. The monoisotopic (exact) mass is 324 g/mol. The van der Waals surface area contributed by atoms with Crippen LogP contribution in [0.4, 0.5) is 5.82 Å². The molecule has 7 nitrogen and oxygen atoms in total. The molecule has 2 aliphatic heterocycles. The lowest BCUT2D eigenvalue weighted by Gasteiger charge is -2.26. The summed E-state index contributed by atoms with van der Waals surface area (Å²) in [4.78, 5) is 14.1. The molecule has 0 spiro atoms. The third-order valence-electron chi connectivity index (χ3n) is 4.11. The van der Waals surface area contributed by atoms with Crippen LogP contribution in [0.1, 0.15) is 36.2 Å². The quantitative estimate of drug-likeness (QED) is 0.880. The first-order chi connectivity index (χ1) is 10.5. The fourth-order valence-electron chi connectivity index (χ4n) is 2.90. The number of anilines is 1. The Bertz CT molecular complexity index is 639. The van der Waals surface area contributed by atoms with E-state index in [9.17, 15) is 13.2 Å². The molecule has 1 atom stereocenters. The Labute approximate surface area is 130 Å². The summed E-state index contributed by atoms with van der Waals surface area (Å²) in [5, 5.41) is 11.0. The van der Waals surface area contributed by atoms with Crippen molar-refractivity contribution < 1.29 is 13.2 Å². The number of sulfone groups is 1. The van der Waals surface area contributed by atoms with Crippen LogP contribution in [0.25, 0.3) is 0 Å². The van der Waals surface area contributed by atoms with Gasteiger partial charge in [0, 0.05) is 19.1 Å². The molecule has 0 aromatic carbocycles. The minimum absolute atomic E-state index is 0.0813. The topological polar surface area (TPSA) is 92.3 Å². The second-order valence-corrected chi connectivity index (χ2v) is 8.13. The molecule has 2 fully saturated rings. The van der Waals surface area contributed by atoms with Crippen LogP contribution in [-0.4, -0.2) is 60.1 Å². The first-order valence-corrected chi connectivity index (χ1v) is 9.46. The zero-order chi connectivity index (χ0) is 15.6. The first-order valence-electron chi connectivity index (χ1n) is 7.63. The van der Waals surface area contributed by atoms with E-state index >= 15 is 0 Å². The summed E-state index contributed by atoms with van der Waals surface area (Å²) in [5.41, 5.74) is 0.339. The normalized spacial score (nSPS) is 24.2. The number of hydrogen-bond acceptors (Lipinski definition) is 6. The molecular weight excluding hydrogens is 304 g/mol. The van der Waals surface area contributed by atoms with Gasteiger partial charge in [0.1, 0.15) is 5.82 Å². The van der Waals surface area contributed by atoms with Crippen molar-refractivity contribution in [1.29, 1.82) is 0 Å². The van der Waals surface area contributed by atoms with Gasteiger partial charge in [-0.1, -0.05) is 0 Å². The summed E-state index contributed by atoms with van der Waals surface area (Å²) in [7, 11) is -2.92. The van der Waals surface area contributed by atoms with Crippen LogP contribution in [0.3, 0.4) is 0 Å². The Morgan fingerprint density at radius 1 is 1.18 bits per heavy atom. The molecule has 0 bridgehead atoms. The van der Waals surface area contributed by atoms with Gasteiger partial charge in [-0.15, -0.1) is 10.2 Å². The van der Waals surface area contributed by atoms with Crippen LogP contribution >= 0.6 is 0 Å². The molecule has 2 aliphatic rings. The van der Waals surface area contributed by atoms with E-state index in [1.54, 1.807) is 12.1 Å². The largest absolute Gasteiger partial charge is 0.365 e. The van der Waals surface area contributed by atoms with Crippen molar-refractivity contribution in [3.8, 4) is 0 Å². The Hall–Kier alpha value is -1.70. The lowest BCUT2D eigenvalue weighted by Crippen LogP contribution is -2.36. The number of piperidine rings is 1. The molecule has 2 saturated heterocycles. The maximum absolute atomic E-state index is 12.3. The summed E-state index contributed by atoms with van der Waals surface area (Å²) >= 11 is 0. The number of likely N-dealkylation sites (tertiary alicyclic amines) is 1. The van der Waals surface area contributed by atoms with E-state index in [1.807, 2.05) is 4.90 Å². The van der Waals surface area contributed by atoms with Gasteiger partial charge in [0.05, 0.1) is 11.5 Å². The lowest BCUT2D eigenvalue weighted by molar-refractivity contribution is 0.0717. The molecule has 120 valence electrons. The van der Waals surface area contributed by atoms with Gasteiger partial charge < -0.3 is 10.2 Å². The van der Waals surface area contributed by atoms with Gasteiger partial charge in [-0.3, -0.25) is 4.79 Å². The Balaban J connectivity index is 1.61. The van der Waals surface area contributed by atoms with E-state index in [0.29, 0.717) is 17.9 Å². The highest BCUT2D eigenvalue weighted by Crippen LogP contribution is 2.16. The van der Waals surface area contributed by atoms with Crippen molar-refractivity contribution in [1.82, 2.24) is 15.1 Å². The molecule has 3 rings (SSSR count). The van der Waals surface area contributed by atoms with Gasteiger partial charge in [-0.2, -0.15) is 0 Å². The molecule has 0 radical (unpaired) electrons. The predicted molar refractivity (Wildman–Crippen MR) is 82.5 cm³/mol. The number of aromatic nitrogens is 2. The van der Waals surface area contributed by atoms with Crippen molar-refractivity contribution in [2.45, 2.75) is 31.7 Å². The van der Waals surface area contributed by atoms with E-state index in [-0.39, 0.29) is 23.5 Å². The average molecular weight is 324 g/mol. The van der Waals surface area contributed by atoms with Gasteiger partial charge in [0.25, 0.3) is 5.91 Å². The summed E-state index contributed by atoms with van der Waals surface area (Å²) in [6, 6.07) is 3.22. The number of nitrogens with zero attached hydrogens (tertiary/aromatic N) is 3. The maximum Gasteiger partial charge on any atom is 0.274 e. The number of carbonyl (C=O) groups is 1. The highest BCUT2D eigenvalue weighted by Gasteiger charge is 2.28. The minimum Gasteiger partial charge on any atom is -0.365 e. The van der Waals surface area contributed by atoms with Crippen LogP contribution in [0.5, 0.6) is 0 Å². The van der Waals surface area contributed by atoms with Crippen LogP contribution in [0.2, 0.25) is 0 Å². The third kappa shape index (κ3) is 3.55. The molecule has 1 N–H and O–H groups in total. The van der Waals surface area contributed by atoms with Crippen LogP contribution < -0.4 is 5.32 Å². The number of rotatable bonds is 3. The Morgan fingerprint density at radius 2 is 1.95 bits per heavy atom. The molecule has 8 heteroatoms. The van der Waals surface area contributed by atoms with Crippen LogP contribution in [0.15, 0.2) is 12.1 Å². The smallest absolute Gasteiger partial charge is 0.274 e. The van der Waals surface area contributed by atoms with Crippen molar-refractivity contribution >= 4 is 21.6 Å². The summed E-state index contributed by atoms with van der Waals surface area (Å²) in [5.74, 6) is 0.770. The maximum atomic E-state index is 12.3. The lowest BCUT2D eigenvalue weighted by atomic mass is 10.1. The van der Waals surface area contributed by atoms with E-state index in [2.05, 4.69) is 15.5 Å². The Kier molecular flexibility index (Phi) is 4.28. The van der Waals surface area contributed by atoms with Gasteiger partial charge in [-0.05, 0) is 37.8 Å². The van der Waals surface area contributed by atoms with E-state index in [4.69, 9.17) is 0 Å². The highest BCUT2D eigenvalue weighted by molar-refractivity contribution is 7.91. The molecule has 1 aromatic heterocycles. The van der Waals surface area contributed by atoms with Gasteiger partial charge >= 0.3 is 0 Å². The van der Waals surface area contributed by atoms with Gasteiger partial charge in [0.15, 0.2) is 15.5 Å². The number of nitrogens with one attached hydrogen (secondary N) is 1. The standard InChI is InChI=1S/C14H20N4O3S/c19-14(18-7-2-1-3-8-18)12-4-5-13(17-16-12)15-11-6-9-22(20,21)10-11/h4-5,11H,1-3,6-10H2,(H,15,17). The molecule has 0 saturated carbocycles. The molecule has 22 heavy (non-hydrogen) atoms. The number of amides is 1.